The summed E-state index contributed by atoms with van der Waals surface area (Å²) in [5.74, 6) is 0.599. The van der Waals surface area contributed by atoms with Gasteiger partial charge < -0.3 is 10.2 Å². The number of piperidine rings is 1. The summed E-state index contributed by atoms with van der Waals surface area (Å²) in [7, 11) is -1.36. The summed E-state index contributed by atoms with van der Waals surface area (Å²) in [6, 6.07) is 0. The summed E-state index contributed by atoms with van der Waals surface area (Å²) in [6.45, 7) is 9.57. The third kappa shape index (κ3) is 5.65. The van der Waals surface area contributed by atoms with E-state index in [4.69, 9.17) is 0 Å². The van der Waals surface area contributed by atoms with Crippen LogP contribution in [0, 0.1) is 5.92 Å². The molecule has 7 heteroatoms. The lowest BCUT2D eigenvalue weighted by Crippen LogP contribution is -2.47. The average molecular weight is 306 g/mol. The van der Waals surface area contributed by atoms with Gasteiger partial charge in [-0.2, -0.15) is 12.7 Å². The largest absolute Gasteiger partial charge is 0.319 e. The van der Waals surface area contributed by atoms with Crippen molar-refractivity contribution in [3.63, 3.8) is 0 Å². The van der Waals surface area contributed by atoms with Crippen LogP contribution in [-0.4, -0.2) is 70.5 Å². The summed E-state index contributed by atoms with van der Waals surface area (Å²) in [5.41, 5.74) is 0. The first-order valence-electron chi connectivity index (χ1n) is 7.65. The Labute approximate surface area is 124 Å². The van der Waals surface area contributed by atoms with E-state index in [0.717, 1.165) is 39.0 Å². The maximum absolute atomic E-state index is 12.2. The molecule has 0 unspecified atom stereocenters. The topological polar surface area (TPSA) is 64.7 Å². The molecule has 0 aliphatic carbocycles. The lowest BCUT2D eigenvalue weighted by atomic mass is 9.98. The van der Waals surface area contributed by atoms with E-state index in [1.54, 1.807) is 4.31 Å². The van der Waals surface area contributed by atoms with Crippen molar-refractivity contribution in [2.24, 2.45) is 5.92 Å². The quantitative estimate of drug-likeness (QED) is 0.634. The van der Waals surface area contributed by atoms with E-state index in [9.17, 15) is 8.42 Å². The van der Waals surface area contributed by atoms with Gasteiger partial charge in [0.05, 0.1) is 0 Å². The van der Waals surface area contributed by atoms with Gasteiger partial charge in [-0.1, -0.05) is 13.8 Å². The Hall–Kier alpha value is -0.210. The third-order valence-corrected chi connectivity index (χ3v) is 5.63. The fourth-order valence-electron chi connectivity index (χ4n) is 2.61. The van der Waals surface area contributed by atoms with Crippen molar-refractivity contribution < 1.29 is 8.42 Å². The fraction of sp³-hybridized carbons (Fsp3) is 1.00. The van der Waals surface area contributed by atoms with Gasteiger partial charge >= 0.3 is 0 Å². The van der Waals surface area contributed by atoms with Gasteiger partial charge in [-0.25, -0.2) is 4.72 Å². The maximum Gasteiger partial charge on any atom is 0.279 e. The highest BCUT2D eigenvalue weighted by molar-refractivity contribution is 7.87. The predicted molar refractivity (Wildman–Crippen MR) is 82.9 cm³/mol. The van der Waals surface area contributed by atoms with Crippen LogP contribution < -0.4 is 10.0 Å². The van der Waals surface area contributed by atoms with E-state index < -0.39 is 10.2 Å². The minimum atomic E-state index is -3.30. The molecule has 1 heterocycles. The number of likely N-dealkylation sites (N-methyl/N-ethyl adjacent to an activating group) is 1. The van der Waals surface area contributed by atoms with E-state index in [1.807, 2.05) is 7.05 Å². The van der Waals surface area contributed by atoms with Gasteiger partial charge in [0.2, 0.25) is 0 Å². The highest BCUT2D eigenvalue weighted by Gasteiger charge is 2.27. The summed E-state index contributed by atoms with van der Waals surface area (Å²) >= 11 is 0. The smallest absolute Gasteiger partial charge is 0.279 e. The van der Waals surface area contributed by atoms with Gasteiger partial charge in [-0.3, -0.25) is 0 Å². The Balaban J connectivity index is 2.34. The third-order valence-electron chi connectivity index (χ3n) is 4.01. The van der Waals surface area contributed by atoms with Crippen LogP contribution in [0.3, 0.4) is 0 Å². The molecule has 0 radical (unpaired) electrons. The Bertz CT molecular complexity index is 349. The lowest BCUT2D eigenvalue weighted by molar-refractivity contribution is 0.266. The van der Waals surface area contributed by atoms with Gasteiger partial charge in [0.1, 0.15) is 0 Å². The zero-order valence-electron chi connectivity index (χ0n) is 13.1. The first-order chi connectivity index (χ1) is 9.53. The Morgan fingerprint density at radius 1 is 1.20 bits per heavy atom. The second-order valence-corrected chi connectivity index (χ2v) is 7.08. The summed E-state index contributed by atoms with van der Waals surface area (Å²) < 4.78 is 28.7. The summed E-state index contributed by atoms with van der Waals surface area (Å²) in [5, 5.41) is 3.16. The average Bonchev–Trinajstić information content (AvgIpc) is 2.44. The Kier molecular flexibility index (Phi) is 7.98. The van der Waals surface area contributed by atoms with Crippen LogP contribution in [0.1, 0.15) is 26.7 Å². The van der Waals surface area contributed by atoms with Crippen LogP contribution in [-0.2, 0) is 10.2 Å². The SMILES string of the molecule is CCN(CC)CCNS(=O)(=O)N1CCC(CNC)CC1. The van der Waals surface area contributed by atoms with Crippen molar-refractivity contribution >= 4 is 10.2 Å². The van der Waals surface area contributed by atoms with Crippen LogP contribution in [0.5, 0.6) is 0 Å². The van der Waals surface area contributed by atoms with Gasteiger partial charge in [0.25, 0.3) is 10.2 Å². The highest BCUT2D eigenvalue weighted by Crippen LogP contribution is 2.18. The molecule has 0 aromatic carbocycles. The monoisotopic (exact) mass is 306 g/mol. The molecule has 6 nitrogen and oxygen atoms in total. The number of hydrogen-bond donors (Lipinski definition) is 2. The second kappa shape index (κ2) is 8.94. The van der Waals surface area contributed by atoms with Crippen LogP contribution in [0.15, 0.2) is 0 Å². The minimum absolute atomic E-state index is 0.487. The van der Waals surface area contributed by atoms with Crippen molar-refractivity contribution in [3.05, 3.63) is 0 Å². The fourth-order valence-corrected chi connectivity index (χ4v) is 3.83. The first-order valence-corrected chi connectivity index (χ1v) is 9.09. The second-order valence-electron chi connectivity index (χ2n) is 5.33. The van der Waals surface area contributed by atoms with Gasteiger partial charge in [0, 0.05) is 26.2 Å². The van der Waals surface area contributed by atoms with Gasteiger partial charge in [-0.05, 0) is 45.4 Å². The molecule has 120 valence electrons. The van der Waals surface area contributed by atoms with Crippen molar-refractivity contribution in [3.8, 4) is 0 Å². The molecular weight excluding hydrogens is 276 g/mol. The molecule has 2 N–H and O–H groups in total. The van der Waals surface area contributed by atoms with E-state index >= 15 is 0 Å². The molecule has 0 amide bonds. The molecule has 1 aliphatic rings. The summed E-state index contributed by atoms with van der Waals surface area (Å²) in [6.07, 6.45) is 1.88. The molecule has 0 aromatic rings. The molecule has 1 saturated heterocycles. The molecule has 0 saturated carbocycles. The molecule has 20 heavy (non-hydrogen) atoms. The lowest BCUT2D eigenvalue weighted by Gasteiger charge is -2.31. The highest BCUT2D eigenvalue weighted by atomic mass is 32.2. The number of hydrogen-bond acceptors (Lipinski definition) is 4. The molecule has 0 spiro atoms. The number of nitrogens with zero attached hydrogens (tertiary/aromatic N) is 2. The molecule has 1 fully saturated rings. The number of rotatable bonds is 9. The molecular formula is C13H30N4O2S. The van der Waals surface area contributed by atoms with Crippen molar-refractivity contribution in [2.75, 3.05) is 52.9 Å². The standard InChI is InChI=1S/C13H30N4O2S/c1-4-16(5-2)11-8-15-20(18,19)17-9-6-13(7-10-17)12-14-3/h13-15H,4-12H2,1-3H3. The van der Waals surface area contributed by atoms with E-state index in [0.29, 0.717) is 25.6 Å². The molecule has 1 rings (SSSR count). The van der Waals surface area contributed by atoms with Crippen molar-refractivity contribution in [2.45, 2.75) is 26.7 Å². The van der Waals surface area contributed by atoms with Crippen LogP contribution >= 0.6 is 0 Å². The zero-order valence-corrected chi connectivity index (χ0v) is 13.9. The summed E-state index contributed by atoms with van der Waals surface area (Å²) in [4.78, 5) is 2.21. The van der Waals surface area contributed by atoms with Crippen LogP contribution in [0.4, 0.5) is 0 Å². The van der Waals surface area contributed by atoms with Crippen LogP contribution in [0.25, 0.3) is 0 Å². The molecule has 0 bridgehead atoms. The van der Waals surface area contributed by atoms with Crippen molar-refractivity contribution in [1.82, 2.24) is 19.2 Å². The predicted octanol–water partition coefficient (Wildman–Crippen LogP) is 0.0940. The molecule has 0 atom stereocenters. The number of nitrogens with one attached hydrogen (secondary N) is 2. The van der Waals surface area contributed by atoms with Crippen LogP contribution in [0.2, 0.25) is 0 Å². The van der Waals surface area contributed by atoms with Gasteiger partial charge in [0.15, 0.2) is 0 Å². The van der Waals surface area contributed by atoms with E-state index in [1.165, 1.54) is 0 Å². The minimum Gasteiger partial charge on any atom is -0.319 e. The van der Waals surface area contributed by atoms with E-state index in [2.05, 4.69) is 28.8 Å². The molecule has 0 aromatic heterocycles. The normalized spacial score (nSPS) is 18.8. The maximum atomic E-state index is 12.2. The van der Waals surface area contributed by atoms with Crippen molar-refractivity contribution in [1.29, 1.82) is 0 Å². The molecule has 1 aliphatic heterocycles. The zero-order chi connectivity index (χ0) is 15.0. The van der Waals surface area contributed by atoms with E-state index in [-0.39, 0.29) is 0 Å². The Morgan fingerprint density at radius 3 is 2.30 bits per heavy atom. The Morgan fingerprint density at radius 2 is 1.80 bits per heavy atom. The first kappa shape index (κ1) is 17.8. The van der Waals surface area contributed by atoms with Gasteiger partial charge in [-0.15, -0.1) is 0 Å².